The maximum Gasteiger partial charge on any atom is 0.408 e. The highest BCUT2D eigenvalue weighted by molar-refractivity contribution is 7.99. The molecule has 268 valence electrons. The van der Waals surface area contributed by atoms with Crippen LogP contribution in [0.4, 0.5) is 4.79 Å². The molecule has 0 aliphatic rings. The molecule has 7 amide bonds. The van der Waals surface area contributed by atoms with Crippen LogP contribution in [-0.2, 0) is 44.8 Å². The molecule has 0 saturated carbocycles. The summed E-state index contributed by atoms with van der Waals surface area (Å²) in [5.74, 6) is -3.16. The van der Waals surface area contributed by atoms with Crippen LogP contribution in [0.1, 0.15) is 47.1 Å². The molecule has 0 fully saturated rings. The summed E-state index contributed by atoms with van der Waals surface area (Å²) in [5, 5.41) is 15.2. The fourth-order valence-electron chi connectivity index (χ4n) is 3.49. The van der Waals surface area contributed by atoms with Gasteiger partial charge in [-0.3, -0.25) is 28.8 Å². The molecule has 0 aliphatic heterocycles. The number of primary amides is 1. The molecule has 0 unspecified atom stereocenters. The maximum absolute atomic E-state index is 13.5. The van der Waals surface area contributed by atoms with Crippen molar-refractivity contribution in [1.82, 2.24) is 31.9 Å². The van der Waals surface area contributed by atoms with E-state index >= 15 is 0 Å². The topological polar surface area (TPSA) is 236 Å². The first-order valence-corrected chi connectivity index (χ1v) is 17.3. The third-order valence-corrected chi connectivity index (χ3v) is 7.70. The number of nitrogens with one attached hydrogen (secondary N) is 6. The summed E-state index contributed by atoms with van der Waals surface area (Å²) in [6, 6.07) is 4.33. The lowest BCUT2D eigenvalue weighted by molar-refractivity contribution is -0.134. The molecule has 1 aromatic rings. The van der Waals surface area contributed by atoms with E-state index in [0.717, 1.165) is 29.1 Å². The third-order valence-electron chi connectivity index (χ3n) is 5.86. The molecular formula is C30H47N7O9S2. The van der Waals surface area contributed by atoms with Gasteiger partial charge in [-0.1, -0.05) is 30.3 Å². The molecule has 4 atom stereocenters. The van der Waals surface area contributed by atoms with Gasteiger partial charge >= 0.3 is 6.09 Å². The molecule has 0 bridgehead atoms. The summed E-state index contributed by atoms with van der Waals surface area (Å²) in [7, 11) is 0. The quantitative estimate of drug-likeness (QED) is 0.0685. The van der Waals surface area contributed by atoms with Gasteiger partial charge < -0.3 is 47.1 Å². The van der Waals surface area contributed by atoms with Gasteiger partial charge in [-0.25, -0.2) is 4.79 Å². The molecule has 1 rings (SSSR count). The standard InChI is InChI=1S/C30H47N7O9S2/c1-18(26(41)36-23(25(31)40)14-47-16-32-19(2)38)34-27(42)22(13-45-12-21-10-8-7-9-11-21)35-28(43)24(15-48-17-33-20(3)39)37-29(44)46-30(4,5)6/h7-11,18,22-24H,12-17H2,1-6H3,(H2,31,40)(H,32,38)(H,33,39)(H,34,42)(H,35,43)(H,36,41)(H,37,44)/t18-,22-,23-,24-/m0/s1. The molecule has 48 heavy (non-hydrogen) atoms. The predicted octanol–water partition coefficient (Wildman–Crippen LogP) is -0.290. The van der Waals surface area contributed by atoms with Crippen LogP contribution in [0, 0.1) is 0 Å². The van der Waals surface area contributed by atoms with Crippen LogP contribution in [0.2, 0.25) is 0 Å². The van der Waals surface area contributed by atoms with E-state index in [9.17, 15) is 33.6 Å². The molecule has 0 spiro atoms. The zero-order valence-corrected chi connectivity index (χ0v) is 29.6. The molecule has 1 aromatic carbocycles. The van der Waals surface area contributed by atoms with E-state index in [1.54, 1.807) is 20.8 Å². The summed E-state index contributed by atoms with van der Waals surface area (Å²) < 4.78 is 11.0. The smallest absolute Gasteiger partial charge is 0.408 e. The fourth-order valence-corrected chi connectivity index (χ4v) is 5.29. The first-order chi connectivity index (χ1) is 22.5. The molecule has 16 nitrogen and oxygen atoms in total. The third kappa shape index (κ3) is 19.0. The fraction of sp³-hybridized carbons (Fsp3) is 0.567. The highest BCUT2D eigenvalue weighted by Crippen LogP contribution is 2.09. The summed E-state index contributed by atoms with van der Waals surface area (Å²) in [6.45, 7) is 8.84. The van der Waals surface area contributed by atoms with Gasteiger partial charge in [0.2, 0.25) is 35.4 Å². The zero-order chi connectivity index (χ0) is 36.3. The number of alkyl carbamates (subject to hydrolysis) is 1. The van der Waals surface area contributed by atoms with Gasteiger partial charge in [0, 0.05) is 25.4 Å². The molecule has 0 aromatic heterocycles. The summed E-state index contributed by atoms with van der Waals surface area (Å²) in [5.41, 5.74) is 5.38. The molecule has 8 N–H and O–H groups in total. The Kier molecular flexibility index (Phi) is 19.0. The second kappa shape index (κ2) is 21.8. The van der Waals surface area contributed by atoms with Crippen molar-refractivity contribution in [3.05, 3.63) is 35.9 Å². The highest BCUT2D eigenvalue weighted by Gasteiger charge is 2.31. The minimum absolute atomic E-state index is 0.0117. The monoisotopic (exact) mass is 713 g/mol. The average Bonchev–Trinajstić information content (AvgIpc) is 2.98. The number of carbonyl (C=O) groups excluding carboxylic acids is 7. The van der Waals surface area contributed by atoms with Gasteiger partial charge in [-0.05, 0) is 33.3 Å². The molecule has 0 heterocycles. The minimum Gasteiger partial charge on any atom is -0.444 e. The van der Waals surface area contributed by atoms with Crippen LogP contribution in [0.5, 0.6) is 0 Å². The van der Waals surface area contributed by atoms with Gasteiger partial charge in [0.1, 0.15) is 29.8 Å². The number of hydrogen-bond donors (Lipinski definition) is 7. The van der Waals surface area contributed by atoms with E-state index in [2.05, 4.69) is 31.9 Å². The van der Waals surface area contributed by atoms with Gasteiger partial charge in [-0.15, -0.1) is 23.5 Å². The number of nitrogens with two attached hydrogens (primary N) is 1. The van der Waals surface area contributed by atoms with Gasteiger partial charge in [-0.2, -0.15) is 0 Å². The second-order valence-electron chi connectivity index (χ2n) is 11.5. The van der Waals surface area contributed by atoms with Crippen molar-refractivity contribution in [2.45, 2.75) is 77.9 Å². The largest absolute Gasteiger partial charge is 0.444 e. The summed E-state index contributed by atoms with van der Waals surface area (Å²) in [4.78, 5) is 86.5. The Morgan fingerprint density at radius 1 is 0.750 bits per heavy atom. The predicted molar refractivity (Wildman–Crippen MR) is 182 cm³/mol. The number of rotatable bonds is 20. The van der Waals surface area contributed by atoms with E-state index in [1.807, 2.05) is 30.3 Å². The van der Waals surface area contributed by atoms with Crippen molar-refractivity contribution in [2.24, 2.45) is 5.73 Å². The van der Waals surface area contributed by atoms with Crippen LogP contribution in [0.3, 0.4) is 0 Å². The Hall–Kier alpha value is -4.03. The molecule has 0 radical (unpaired) electrons. The number of hydrogen-bond acceptors (Lipinski definition) is 11. The summed E-state index contributed by atoms with van der Waals surface area (Å²) >= 11 is 2.31. The Labute approximate surface area is 288 Å². The van der Waals surface area contributed by atoms with E-state index in [4.69, 9.17) is 15.2 Å². The SMILES string of the molecule is CC(=O)NCSC[C@H](NC(=O)[C@H](C)NC(=O)[C@H](COCc1ccccc1)NC(=O)[C@H](CSCNC(C)=O)NC(=O)OC(C)(C)C)C(N)=O. The Balaban J connectivity index is 3.05. The lowest BCUT2D eigenvalue weighted by Gasteiger charge is -2.26. The van der Waals surface area contributed by atoms with E-state index < -0.39 is 59.5 Å². The van der Waals surface area contributed by atoms with E-state index in [0.29, 0.717) is 0 Å². The first kappa shape index (κ1) is 42.0. The van der Waals surface area contributed by atoms with E-state index in [1.165, 1.54) is 20.8 Å². The van der Waals surface area contributed by atoms with Crippen LogP contribution >= 0.6 is 23.5 Å². The Bertz CT molecular complexity index is 1250. The number of ether oxygens (including phenoxy) is 2. The molecule has 0 aliphatic carbocycles. The van der Waals surface area contributed by atoms with Crippen molar-refractivity contribution >= 4 is 65.1 Å². The van der Waals surface area contributed by atoms with Crippen LogP contribution in [-0.4, -0.2) is 101 Å². The average molecular weight is 714 g/mol. The molecular weight excluding hydrogens is 667 g/mol. The van der Waals surface area contributed by atoms with Crippen molar-refractivity contribution < 1.29 is 43.0 Å². The number of benzene rings is 1. The van der Waals surface area contributed by atoms with Crippen LogP contribution < -0.4 is 37.6 Å². The van der Waals surface area contributed by atoms with Crippen molar-refractivity contribution in [3.63, 3.8) is 0 Å². The highest BCUT2D eigenvalue weighted by atomic mass is 32.2. The Morgan fingerprint density at radius 2 is 1.27 bits per heavy atom. The summed E-state index contributed by atoms with van der Waals surface area (Å²) in [6.07, 6.45) is -0.867. The lowest BCUT2D eigenvalue weighted by atomic mass is 10.2. The van der Waals surface area contributed by atoms with Gasteiger partial charge in [0.05, 0.1) is 25.0 Å². The number of carbonyl (C=O) groups is 7. The van der Waals surface area contributed by atoms with Crippen molar-refractivity contribution in [1.29, 1.82) is 0 Å². The van der Waals surface area contributed by atoms with Crippen LogP contribution in [0.25, 0.3) is 0 Å². The number of thioether (sulfide) groups is 2. The van der Waals surface area contributed by atoms with Crippen molar-refractivity contribution in [2.75, 3.05) is 29.9 Å². The van der Waals surface area contributed by atoms with Gasteiger partial charge in [0.25, 0.3) is 0 Å². The van der Waals surface area contributed by atoms with Crippen LogP contribution in [0.15, 0.2) is 30.3 Å². The zero-order valence-electron chi connectivity index (χ0n) is 28.0. The van der Waals surface area contributed by atoms with Crippen molar-refractivity contribution in [3.8, 4) is 0 Å². The maximum atomic E-state index is 13.5. The van der Waals surface area contributed by atoms with E-state index in [-0.39, 0.29) is 48.3 Å². The lowest BCUT2D eigenvalue weighted by Crippen LogP contribution is -2.59. The Morgan fingerprint density at radius 3 is 1.79 bits per heavy atom. The normalized spacial score (nSPS) is 13.5. The molecule has 18 heteroatoms. The second-order valence-corrected chi connectivity index (χ2v) is 13.5. The van der Waals surface area contributed by atoms with Gasteiger partial charge in [0.15, 0.2) is 0 Å². The molecule has 0 saturated heterocycles. The number of amides is 7. The first-order valence-electron chi connectivity index (χ1n) is 14.9. The minimum atomic E-state index is -1.32.